The van der Waals surface area contributed by atoms with Crippen LogP contribution in [0.2, 0.25) is 0 Å². The summed E-state index contributed by atoms with van der Waals surface area (Å²) in [5, 5.41) is 8.79. The summed E-state index contributed by atoms with van der Waals surface area (Å²) in [7, 11) is 0. The van der Waals surface area contributed by atoms with Crippen molar-refractivity contribution in [1.82, 2.24) is 9.97 Å². The number of rotatable bonds is 2. The summed E-state index contributed by atoms with van der Waals surface area (Å²) in [6.45, 7) is 1.78. The molecule has 70 valence electrons. The number of aliphatic hydroxyl groups is 1. The van der Waals surface area contributed by atoms with Crippen LogP contribution in [-0.4, -0.2) is 34.8 Å². The second-order valence-electron chi connectivity index (χ2n) is 3.22. The largest absolute Gasteiger partial charge is 0.396 e. The highest BCUT2D eigenvalue weighted by Gasteiger charge is 2.26. The fraction of sp³-hybridized carbons (Fsp3) is 0.500. The number of nitrogens with zero attached hydrogens (tertiary/aromatic N) is 2. The van der Waals surface area contributed by atoms with Gasteiger partial charge in [0.15, 0.2) is 0 Å². The molecule has 1 aliphatic rings. The number of hydrogen-bond donors (Lipinski definition) is 2. The van der Waals surface area contributed by atoms with Gasteiger partial charge in [0, 0.05) is 31.7 Å². The van der Waals surface area contributed by atoms with E-state index in [-0.39, 0.29) is 12.2 Å². The summed E-state index contributed by atoms with van der Waals surface area (Å²) >= 11 is 0. The van der Waals surface area contributed by atoms with Gasteiger partial charge in [0.2, 0.25) is 0 Å². The van der Waals surface area contributed by atoms with E-state index in [1.807, 2.05) is 4.90 Å². The summed E-state index contributed by atoms with van der Waals surface area (Å²) in [5.41, 5.74) is -0.141. The predicted molar refractivity (Wildman–Crippen MR) is 47.6 cm³/mol. The van der Waals surface area contributed by atoms with Crippen molar-refractivity contribution in [3.63, 3.8) is 0 Å². The minimum Gasteiger partial charge on any atom is -0.396 e. The molecule has 1 saturated heterocycles. The van der Waals surface area contributed by atoms with Crippen molar-refractivity contribution in [2.24, 2.45) is 5.92 Å². The van der Waals surface area contributed by atoms with Crippen LogP contribution in [0.4, 0.5) is 5.82 Å². The van der Waals surface area contributed by atoms with Gasteiger partial charge in [-0.2, -0.15) is 0 Å². The molecule has 1 fully saturated rings. The Morgan fingerprint density at radius 3 is 3.08 bits per heavy atom. The SMILES string of the molecule is O=c1cc(N2CC(CO)C2)nc[nH]1. The molecule has 1 aromatic heterocycles. The van der Waals surface area contributed by atoms with E-state index in [1.54, 1.807) is 0 Å². The van der Waals surface area contributed by atoms with Gasteiger partial charge in [-0.1, -0.05) is 0 Å². The average molecular weight is 181 g/mol. The zero-order valence-corrected chi connectivity index (χ0v) is 7.10. The number of H-pyrrole nitrogens is 1. The van der Waals surface area contributed by atoms with Crippen LogP contribution in [0.3, 0.4) is 0 Å². The molecule has 1 aromatic rings. The van der Waals surface area contributed by atoms with Crippen molar-refractivity contribution in [2.75, 3.05) is 24.6 Å². The summed E-state index contributed by atoms with van der Waals surface area (Å²) < 4.78 is 0. The molecule has 0 bridgehead atoms. The molecule has 0 atom stereocenters. The van der Waals surface area contributed by atoms with E-state index in [4.69, 9.17) is 5.11 Å². The first kappa shape index (κ1) is 8.25. The molecule has 0 unspecified atom stereocenters. The number of aliphatic hydroxyl groups excluding tert-OH is 1. The monoisotopic (exact) mass is 181 g/mol. The summed E-state index contributed by atoms with van der Waals surface area (Å²) in [4.78, 5) is 19.4. The van der Waals surface area contributed by atoms with Crippen LogP contribution in [0.1, 0.15) is 0 Å². The van der Waals surface area contributed by atoms with Crippen molar-refractivity contribution >= 4 is 5.82 Å². The predicted octanol–water partition coefficient (Wildman–Crippen LogP) is -0.802. The van der Waals surface area contributed by atoms with Crippen molar-refractivity contribution < 1.29 is 5.11 Å². The number of hydrogen-bond acceptors (Lipinski definition) is 4. The van der Waals surface area contributed by atoms with Gasteiger partial charge in [-0.25, -0.2) is 4.98 Å². The maximum atomic E-state index is 10.9. The Hall–Kier alpha value is -1.36. The highest BCUT2D eigenvalue weighted by atomic mass is 16.3. The molecule has 5 nitrogen and oxygen atoms in total. The standard InChI is InChI=1S/C8H11N3O2/c12-4-6-2-11(3-6)7-1-8(13)10-5-9-7/h1,5-6,12H,2-4H2,(H,9,10,13). The average Bonchev–Trinajstić information content (AvgIpc) is 2.02. The molecule has 0 saturated carbocycles. The Bertz CT molecular complexity index is 343. The van der Waals surface area contributed by atoms with Crippen LogP contribution < -0.4 is 10.5 Å². The number of nitrogens with one attached hydrogen (secondary N) is 1. The Morgan fingerprint density at radius 1 is 1.69 bits per heavy atom. The Balaban J connectivity index is 2.07. The molecule has 13 heavy (non-hydrogen) atoms. The lowest BCUT2D eigenvalue weighted by Gasteiger charge is -2.38. The molecule has 1 aliphatic heterocycles. The summed E-state index contributed by atoms with van der Waals surface area (Å²) in [6.07, 6.45) is 1.39. The molecular formula is C8H11N3O2. The normalized spacial score (nSPS) is 17.2. The number of aromatic amines is 1. The minimum absolute atomic E-state index is 0.141. The summed E-state index contributed by atoms with van der Waals surface area (Å²) in [6, 6.07) is 1.47. The van der Waals surface area contributed by atoms with Crippen molar-refractivity contribution in [2.45, 2.75) is 0 Å². The molecule has 5 heteroatoms. The first-order chi connectivity index (χ1) is 6.29. The first-order valence-corrected chi connectivity index (χ1v) is 4.20. The van der Waals surface area contributed by atoms with Crippen LogP contribution in [0.5, 0.6) is 0 Å². The lowest BCUT2D eigenvalue weighted by molar-refractivity contribution is 0.200. The fourth-order valence-electron chi connectivity index (χ4n) is 1.40. The van der Waals surface area contributed by atoms with Crippen LogP contribution in [0.25, 0.3) is 0 Å². The van der Waals surface area contributed by atoms with E-state index >= 15 is 0 Å². The maximum absolute atomic E-state index is 10.9. The smallest absolute Gasteiger partial charge is 0.252 e. The van der Waals surface area contributed by atoms with Crippen LogP contribution in [0, 0.1) is 5.92 Å². The van der Waals surface area contributed by atoms with E-state index in [1.165, 1.54) is 12.4 Å². The van der Waals surface area contributed by atoms with E-state index < -0.39 is 0 Å². The van der Waals surface area contributed by atoms with E-state index in [9.17, 15) is 4.79 Å². The molecule has 2 rings (SSSR count). The first-order valence-electron chi connectivity index (χ1n) is 4.20. The van der Waals surface area contributed by atoms with E-state index in [2.05, 4.69) is 9.97 Å². The van der Waals surface area contributed by atoms with Gasteiger partial charge < -0.3 is 15.0 Å². The van der Waals surface area contributed by atoms with Gasteiger partial charge in [-0.05, 0) is 0 Å². The van der Waals surface area contributed by atoms with Gasteiger partial charge in [-0.15, -0.1) is 0 Å². The topological polar surface area (TPSA) is 69.2 Å². The Labute approximate surface area is 75.0 Å². The zero-order valence-electron chi connectivity index (χ0n) is 7.10. The van der Waals surface area contributed by atoms with Crippen LogP contribution in [0.15, 0.2) is 17.2 Å². The van der Waals surface area contributed by atoms with Crippen LogP contribution in [-0.2, 0) is 0 Å². The molecule has 0 spiro atoms. The van der Waals surface area contributed by atoms with Gasteiger partial charge in [0.05, 0.1) is 6.33 Å². The molecule has 0 amide bonds. The molecule has 0 aromatic carbocycles. The van der Waals surface area contributed by atoms with E-state index in [0.29, 0.717) is 11.7 Å². The lowest BCUT2D eigenvalue weighted by Crippen LogP contribution is -2.49. The molecule has 0 radical (unpaired) electrons. The molecule has 2 heterocycles. The lowest BCUT2D eigenvalue weighted by atomic mass is 10.0. The second kappa shape index (κ2) is 3.18. The summed E-state index contributed by atoms with van der Waals surface area (Å²) in [5.74, 6) is 1.02. The molecular weight excluding hydrogens is 170 g/mol. The third-order valence-corrected chi connectivity index (χ3v) is 2.20. The Kier molecular flexibility index (Phi) is 2.02. The third-order valence-electron chi connectivity index (χ3n) is 2.20. The number of anilines is 1. The molecule has 0 aliphatic carbocycles. The zero-order chi connectivity index (χ0) is 9.26. The number of aromatic nitrogens is 2. The highest BCUT2D eigenvalue weighted by molar-refractivity contribution is 5.39. The van der Waals surface area contributed by atoms with Crippen molar-refractivity contribution in [3.05, 3.63) is 22.7 Å². The second-order valence-corrected chi connectivity index (χ2v) is 3.22. The maximum Gasteiger partial charge on any atom is 0.252 e. The molecule has 2 N–H and O–H groups in total. The van der Waals surface area contributed by atoms with Gasteiger partial charge in [-0.3, -0.25) is 4.79 Å². The fourth-order valence-corrected chi connectivity index (χ4v) is 1.40. The van der Waals surface area contributed by atoms with Crippen molar-refractivity contribution in [3.8, 4) is 0 Å². The van der Waals surface area contributed by atoms with Crippen molar-refractivity contribution in [1.29, 1.82) is 0 Å². The van der Waals surface area contributed by atoms with Gasteiger partial charge in [0.25, 0.3) is 5.56 Å². The highest BCUT2D eigenvalue weighted by Crippen LogP contribution is 2.20. The van der Waals surface area contributed by atoms with Gasteiger partial charge in [0.1, 0.15) is 5.82 Å². The quantitative estimate of drug-likeness (QED) is 0.626. The third kappa shape index (κ3) is 1.55. The van der Waals surface area contributed by atoms with Crippen LogP contribution >= 0.6 is 0 Å². The van der Waals surface area contributed by atoms with Gasteiger partial charge >= 0.3 is 0 Å². The van der Waals surface area contributed by atoms with E-state index in [0.717, 1.165) is 13.1 Å². The Morgan fingerprint density at radius 2 is 2.46 bits per heavy atom. The minimum atomic E-state index is -0.141.